The van der Waals surface area contributed by atoms with Gasteiger partial charge in [-0.05, 0) is 12.5 Å². The summed E-state index contributed by atoms with van der Waals surface area (Å²) in [7, 11) is 0. The van der Waals surface area contributed by atoms with E-state index >= 15 is 0 Å². The first-order valence-electron chi connectivity index (χ1n) is 9.00. The molecule has 4 N–H and O–H groups in total. The zero-order valence-electron chi connectivity index (χ0n) is 14.7. The lowest BCUT2D eigenvalue weighted by Gasteiger charge is -2.39. The van der Waals surface area contributed by atoms with E-state index in [0.717, 1.165) is 12.8 Å². The Bertz CT molecular complexity index is 506. The van der Waals surface area contributed by atoms with Gasteiger partial charge in [-0.15, -0.1) is 0 Å². The van der Waals surface area contributed by atoms with Crippen LogP contribution in [0, 0.1) is 6.10 Å². The molecule has 1 saturated heterocycles. The molecule has 0 bridgehead atoms. The SMILES string of the molecule is CCCCCCCOc1ccccc1[C]1O[C@H](CO)[C@@H](O)[C@H](O)[C@H]1O. The van der Waals surface area contributed by atoms with E-state index < -0.39 is 31.0 Å². The highest BCUT2D eigenvalue weighted by Gasteiger charge is 2.45. The van der Waals surface area contributed by atoms with Gasteiger partial charge in [0.15, 0.2) is 6.10 Å². The largest absolute Gasteiger partial charge is 0.493 e. The van der Waals surface area contributed by atoms with E-state index in [1.807, 2.05) is 6.07 Å². The molecule has 6 heteroatoms. The van der Waals surface area contributed by atoms with Gasteiger partial charge in [0.2, 0.25) is 0 Å². The third kappa shape index (κ3) is 5.15. The number of aliphatic hydroxyl groups is 4. The van der Waals surface area contributed by atoms with Gasteiger partial charge in [-0.2, -0.15) is 0 Å². The van der Waals surface area contributed by atoms with Gasteiger partial charge in [0.25, 0.3) is 0 Å². The van der Waals surface area contributed by atoms with Gasteiger partial charge in [0.05, 0.1) is 13.2 Å². The van der Waals surface area contributed by atoms with Gasteiger partial charge in [-0.3, -0.25) is 0 Å². The predicted molar refractivity (Wildman–Crippen MR) is 93.0 cm³/mol. The predicted octanol–water partition coefficient (Wildman–Crippen LogP) is 1.39. The van der Waals surface area contributed by atoms with Crippen LogP contribution in [0.4, 0.5) is 0 Å². The van der Waals surface area contributed by atoms with Crippen molar-refractivity contribution in [3.63, 3.8) is 0 Å². The summed E-state index contributed by atoms with van der Waals surface area (Å²) in [5, 5.41) is 39.4. The molecule has 2 rings (SSSR count). The molecule has 0 saturated carbocycles. The average Bonchev–Trinajstić information content (AvgIpc) is 2.63. The van der Waals surface area contributed by atoms with Crippen molar-refractivity contribution in [2.75, 3.05) is 13.2 Å². The maximum Gasteiger partial charge on any atom is 0.161 e. The maximum atomic E-state index is 10.3. The highest BCUT2D eigenvalue weighted by atomic mass is 16.5. The van der Waals surface area contributed by atoms with Gasteiger partial charge in [-0.1, -0.05) is 50.8 Å². The van der Waals surface area contributed by atoms with Crippen molar-refractivity contribution in [1.29, 1.82) is 0 Å². The van der Waals surface area contributed by atoms with Crippen molar-refractivity contribution in [2.24, 2.45) is 0 Å². The Kier molecular flexibility index (Phi) is 8.12. The molecule has 1 fully saturated rings. The van der Waals surface area contributed by atoms with Crippen molar-refractivity contribution < 1.29 is 29.9 Å². The summed E-state index contributed by atoms with van der Waals surface area (Å²) in [4.78, 5) is 0. The normalized spacial score (nSPS) is 27.4. The van der Waals surface area contributed by atoms with Crippen LogP contribution in [0.5, 0.6) is 5.75 Å². The second-order valence-corrected chi connectivity index (χ2v) is 6.39. The highest BCUT2D eigenvalue weighted by molar-refractivity contribution is 5.43. The molecule has 0 unspecified atom stereocenters. The van der Waals surface area contributed by atoms with E-state index in [2.05, 4.69) is 6.92 Å². The number of hydrogen-bond donors (Lipinski definition) is 4. The first kappa shape index (κ1) is 20.1. The monoisotopic (exact) mass is 353 g/mol. The molecule has 1 aromatic carbocycles. The highest BCUT2D eigenvalue weighted by Crippen LogP contribution is 2.36. The Balaban J connectivity index is 2.03. The Morgan fingerprint density at radius 3 is 2.44 bits per heavy atom. The van der Waals surface area contributed by atoms with E-state index in [9.17, 15) is 20.4 Å². The molecule has 0 aliphatic carbocycles. The molecule has 0 spiro atoms. The number of unbranched alkanes of at least 4 members (excludes halogenated alkanes) is 4. The topological polar surface area (TPSA) is 99.4 Å². The van der Waals surface area contributed by atoms with E-state index in [-0.39, 0.29) is 6.10 Å². The molecule has 1 radical (unpaired) electrons. The molecule has 1 aliphatic heterocycles. The quantitative estimate of drug-likeness (QED) is 0.501. The van der Waals surface area contributed by atoms with E-state index in [1.165, 1.54) is 19.3 Å². The van der Waals surface area contributed by atoms with Crippen LogP contribution in [0.1, 0.15) is 44.6 Å². The van der Waals surface area contributed by atoms with Gasteiger partial charge in [0.1, 0.15) is 30.2 Å². The van der Waals surface area contributed by atoms with Crippen molar-refractivity contribution >= 4 is 0 Å². The van der Waals surface area contributed by atoms with Crippen LogP contribution in [0.25, 0.3) is 0 Å². The lowest BCUT2D eigenvalue weighted by atomic mass is 9.91. The lowest BCUT2D eigenvalue weighted by Crippen LogP contribution is -2.55. The van der Waals surface area contributed by atoms with Gasteiger partial charge in [0, 0.05) is 5.56 Å². The summed E-state index contributed by atoms with van der Waals surface area (Å²) >= 11 is 0. The van der Waals surface area contributed by atoms with Crippen LogP contribution in [0.2, 0.25) is 0 Å². The first-order chi connectivity index (χ1) is 12.1. The van der Waals surface area contributed by atoms with Crippen LogP contribution in [0.15, 0.2) is 24.3 Å². The van der Waals surface area contributed by atoms with Crippen molar-refractivity contribution in [2.45, 2.75) is 63.4 Å². The van der Waals surface area contributed by atoms with Gasteiger partial charge >= 0.3 is 0 Å². The minimum atomic E-state index is -1.43. The minimum Gasteiger partial charge on any atom is -0.493 e. The fourth-order valence-electron chi connectivity index (χ4n) is 2.92. The summed E-state index contributed by atoms with van der Waals surface area (Å²) in [6, 6.07) is 7.10. The summed E-state index contributed by atoms with van der Waals surface area (Å²) in [6.45, 7) is 2.26. The molecule has 1 aromatic rings. The lowest BCUT2D eigenvalue weighted by molar-refractivity contribution is -0.184. The third-order valence-corrected chi connectivity index (χ3v) is 4.44. The summed E-state index contributed by atoms with van der Waals surface area (Å²) in [5.74, 6) is 0.548. The van der Waals surface area contributed by atoms with Crippen LogP contribution in [-0.2, 0) is 4.74 Å². The van der Waals surface area contributed by atoms with Gasteiger partial charge in [-0.25, -0.2) is 0 Å². The average molecular weight is 353 g/mol. The van der Waals surface area contributed by atoms with E-state index in [0.29, 0.717) is 17.9 Å². The zero-order chi connectivity index (χ0) is 18.2. The van der Waals surface area contributed by atoms with Crippen LogP contribution >= 0.6 is 0 Å². The molecule has 4 atom stereocenters. The molecule has 6 nitrogen and oxygen atoms in total. The summed E-state index contributed by atoms with van der Waals surface area (Å²) in [5.41, 5.74) is 0.521. The fourth-order valence-corrected chi connectivity index (χ4v) is 2.92. The van der Waals surface area contributed by atoms with Crippen molar-refractivity contribution in [3.8, 4) is 5.75 Å². The molecule has 25 heavy (non-hydrogen) atoms. The summed E-state index contributed by atoms with van der Waals surface area (Å²) < 4.78 is 11.4. The number of aliphatic hydroxyl groups excluding tert-OH is 4. The van der Waals surface area contributed by atoms with Crippen LogP contribution in [-0.4, -0.2) is 58.1 Å². The number of rotatable bonds is 9. The van der Waals surface area contributed by atoms with E-state index in [1.54, 1.807) is 18.2 Å². The molecular formula is C19H29O6. The Morgan fingerprint density at radius 1 is 1.00 bits per heavy atom. The van der Waals surface area contributed by atoms with Crippen LogP contribution in [0.3, 0.4) is 0 Å². The molecule has 141 valence electrons. The molecule has 0 amide bonds. The summed E-state index contributed by atoms with van der Waals surface area (Å²) in [6.07, 6.45) is 0.591. The van der Waals surface area contributed by atoms with Gasteiger partial charge < -0.3 is 29.9 Å². The standard InChI is InChI=1S/C19H29O6/c1-2-3-4-5-8-11-24-14-10-7-6-9-13(14)19-18(23)17(22)16(21)15(12-20)25-19/h6-7,9-10,15-18,20-23H,2-5,8,11-12H2,1H3/t15-,16-,17+,18-/m1/s1. The Morgan fingerprint density at radius 2 is 1.72 bits per heavy atom. The Labute approximate surface area is 149 Å². The minimum absolute atomic E-state index is 0.110. The molecule has 0 aromatic heterocycles. The number of benzene rings is 1. The zero-order valence-corrected chi connectivity index (χ0v) is 14.7. The maximum absolute atomic E-state index is 10.3. The first-order valence-corrected chi connectivity index (χ1v) is 9.00. The molecule has 1 heterocycles. The fraction of sp³-hybridized carbons (Fsp3) is 0.632. The number of para-hydroxylation sites is 1. The molecule has 1 aliphatic rings. The van der Waals surface area contributed by atoms with Crippen molar-refractivity contribution in [1.82, 2.24) is 0 Å². The second kappa shape index (κ2) is 10.1. The van der Waals surface area contributed by atoms with E-state index in [4.69, 9.17) is 9.47 Å². The third-order valence-electron chi connectivity index (χ3n) is 4.44. The Hall–Kier alpha value is -1.18. The van der Waals surface area contributed by atoms with Crippen LogP contribution < -0.4 is 4.74 Å². The number of ether oxygens (including phenoxy) is 2. The number of hydrogen-bond acceptors (Lipinski definition) is 6. The smallest absolute Gasteiger partial charge is 0.161 e. The molecular weight excluding hydrogens is 324 g/mol. The van der Waals surface area contributed by atoms with Crippen molar-refractivity contribution in [3.05, 3.63) is 35.9 Å². The second-order valence-electron chi connectivity index (χ2n) is 6.39.